The molecule has 3 aliphatic rings. The standard InChI is InChI=1S/C18H24N4O5S/c1-9-14-13(10(2)23)16(24)22(14)17(27-18(25)26)15(9)28-12-5-11(20-6-12)7-21-4-3-19-8-21/h3-4,8-14,20,23H,5-7H2,1-2H3,(H,25,26)/t9-,10-,11+,12+,13-,14-/m1/s1. The van der Waals surface area contributed by atoms with Crippen LogP contribution in [0, 0.1) is 11.8 Å². The van der Waals surface area contributed by atoms with Gasteiger partial charge < -0.3 is 24.8 Å². The van der Waals surface area contributed by atoms with Crippen LogP contribution >= 0.6 is 11.8 Å². The molecule has 3 N–H and O–H groups in total. The first-order valence-electron chi connectivity index (χ1n) is 9.38. The van der Waals surface area contributed by atoms with Crippen molar-refractivity contribution in [1.82, 2.24) is 19.8 Å². The van der Waals surface area contributed by atoms with E-state index in [2.05, 4.69) is 10.3 Å². The Hall–Kier alpha value is -2.04. The van der Waals surface area contributed by atoms with E-state index in [9.17, 15) is 14.7 Å². The number of rotatable bonds is 6. The number of aromatic nitrogens is 2. The highest BCUT2D eigenvalue weighted by Gasteiger charge is 2.60. The highest BCUT2D eigenvalue weighted by atomic mass is 32.2. The summed E-state index contributed by atoms with van der Waals surface area (Å²) in [6, 6.07) is 0.0529. The van der Waals surface area contributed by atoms with Gasteiger partial charge in [-0.25, -0.2) is 9.78 Å². The fourth-order valence-electron chi connectivity index (χ4n) is 4.44. The number of aliphatic hydroxyl groups excluding tert-OH is 1. The highest BCUT2D eigenvalue weighted by molar-refractivity contribution is 8.03. The summed E-state index contributed by atoms with van der Waals surface area (Å²) in [6.07, 6.45) is 4.17. The maximum absolute atomic E-state index is 12.5. The largest absolute Gasteiger partial charge is 0.512 e. The molecule has 4 rings (SSSR count). The van der Waals surface area contributed by atoms with Crippen molar-refractivity contribution in [2.75, 3.05) is 6.54 Å². The molecule has 2 saturated heterocycles. The first-order valence-corrected chi connectivity index (χ1v) is 10.3. The lowest BCUT2D eigenvalue weighted by molar-refractivity contribution is -0.163. The van der Waals surface area contributed by atoms with Crippen molar-refractivity contribution in [2.45, 2.75) is 50.3 Å². The fourth-order valence-corrected chi connectivity index (χ4v) is 5.90. The molecule has 0 radical (unpaired) electrons. The molecular formula is C18H24N4O5S. The zero-order valence-corrected chi connectivity index (χ0v) is 16.5. The van der Waals surface area contributed by atoms with Crippen molar-refractivity contribution in [3.8, 4) is 0 Å². The Morgan fingerprint density at radius 3 is 2.96 bits per heavy atom. The van der Waals surface area contributed by atoms with Gasteiger partial charge in [0.25, 0.3) is 0 Å². The maximum atomic E-state index is 12.5. The quantitative estimate of drug-likeness (QED) is 0.473. The summed E-state index contributed by atoms with van der Waals surface area (Å²) in [6.45, 7) is 5.17. The molecule has 1 aromatic rings. The molecular weight excluding hydrogens is 384 g/mol. The van der Waals surface area contributed by atoms with Gasteiger partial charge in [0.1, 0.15) is 0 Å². The van der Waals surface area contributed by atoms with Crippen LogP contribution in [0.25, 0.3) is 0 Å². The number of hydrogen-bond donors (Lipinski definition) is 3. The molecule has 0 spiro atoms. The molecule has 0 aromatic carbocycles. The summed E-state index contributed by atoms with van der Waals surface area (Å²) in [5.74, 6) is -0.753. The zero-order valence-electron chi connectivity index (χ0n) is 15.7. The van der Waals surface area contributed by atoms with Crippen LogP contribution in [-0.2, 0) is 16.1 Å². The molecule has 9 nitrogen and oxygen atoms in total. The lowest BCUT2D eigenvalue weighted by Gasteiger charge is -2.45. The van der Waals surface area contributed by atoms with E-state index in [0.717, 1.165) is 24.4 Å². The summed E-state index contributed by atoms with van der Waals surface area (Å²) in [5, 5.41) is 22.8. The highest BCUT2D eigenvalue weighted by Crippen LogP contribution is 2.52. The van der Waals surface area contributed by atoms with Crippen molar-refractivity contribution in [3.63, 3.8) is 0 Å². The molecule has 0 unspecified atom stereocenters. The molecule has 2 fully saturated rings. The molecule has 28 heavy (non-hydrogen) atoms. The predicted octanol–water partition coefficient (Wildman–Crippen LogP) is 1.07. The van der Waals surface area contributed by atoms with Crippen LogP contribution in [0.15, 0.2) is 29.5 Å². The Bertz CT molecular complexity index is 796. The Morgan fingerprint density at radius 1 is 1.54 bits per heavy atom. The summed E-state index contributed by atoms with van der Waals surface area (Å²) in [4.78, 5) is 29.9. The zero-order chi connectivity index (χ0) is 20.0. The number of β-lactam (4-membered cyclic amide) rings is 1. The number of nitrogens with one attached hydrogen (secondary N) is 1. The predicted molar refractivity (Wildman–Crippen MR) is 101 cm³/mol. The maximum Gasteiger partial charge on any atom is 0.512 e. The van der Waals surface area contributed by atoms with E-state index in [1.54, 1.807) is 31.2 Å². The van der Waals surface area contributed by atoms with Gasteiger partial charge in [0, 0.05) is 42.7 Å². The Labute approximate surface area is 166 Å². The van der Waals surface area contributed by atoms with Gasteiger partial charge in [-0.15, -0.1) is 11.8 Å². The molecule has 4 heterocycles. The number of aliphatic hydroxyl groups is 1. The third-order valence-corrected chi connectivity index (χ3v) is 7.21. The molecule has 1 amide bonds. The molecule has 6 atom stereocenters. The second kappa shape index (κ2) is 7.41. The van der Waals surface area contributed by atoms with Gasteiger partial charge in [0.15, 0.2) is 0 Å². The Kier molecular flexibility index (Phi) is 5.11. The number of hydrogen-bond acceptors (Lipinski definition) is 7. The van der Waals surface area contributed by atoms with E-state index in [4.69, 9.17) is 9.84 Å². The average molecular weight is 408 g/mol. The number of carboxylic acid groups (broad SMARTS) is 1. The van der Waals surface area contributed by atoms with Crippen LogP contribution in [0.4, 0.5) is 4.79 Å². The van der Waals surface area contributed by atoms with Gasteiger partial charge in [-0.3, -0.25) is 9.69 Å². The monoisotopic (exact) mass is 408 g/mol. The first kappa shape index (κ1) is 19.3. The average Bonchev–Trinajstić information content (AvgIpc) is 3.31. The smallest absolute Gasteiger partial charge is 0.449 e. The lowest BCUT2D eigenvalue weighted by atomic mass is 9.79. The van der Waals surface area contributed by atoms with Crippen molar-refractivity contribution in [3.05, 3.63) is 29.5 Å². The summed E-state index contributed by atoms with van der Waals surface area (Å²) < 4.78 is 7.04. The topological polar surface area (TPSA) is 117 Å². The van der Waals surface area contributed by atoms with Crippen molar-refractivity contribution >= 4 is 23.8 Å². The van der Waals surface area contributed by atoms with E-state index in [-0.39, 0.29) is 29.0 Å². The Morgan fingerprint density at radius 2 is 2.32 bits per heavy atom. The third-order valence-electron chi connectivity index (χ3n) is 5.71. The first-order chi connectivity index (χ1) is 13.4. The second-order valence-electron chi connectivity index (χ2n) is 7.63. The molecule has 0 bridgehead atoms. The fraction of sp³-hybridized carbons (Fsp3) is 0.611. The van der Waals surface area contributed by atoms with Crippen molar-refractivity contribution in [1.29, 1.82) is 0 Å². The van der Waals surface area contributed by atoms with Crippen LogP contribution in [0.1, 0.15) is 20.3 Å². The van der Waals surface area contributed by atoms with Crippen LogP contribution in [0.5, 0.6) is 0 Å². The summed E-state index contributed by atoms with van der Waals surface area (Å²) >= 11 is 1.58. The molecule has 1 aromatic heterocycles. The van der Waals surface area contributed by atoms with Crippen molar-refractivity contribution in [2.24, 2.45) is 11.8 Å². The van der Waals surface area contributed by atoms with Crippen molar-refractivity contribution < 1.29 is 24.5 Å². The summed E-state index contributed by atoms with van der Waals surface area (Å²) in [5.41, 5.74) is 0. The summed E-state index contributed by atoms with van der Waals surface area (Å²) in [7, 11) is 0. The van der Waals surface area contributed by atoms with E-state index in [1.807, 2.05) is 17.7 Å². The molecule has 10 heteroatoms. The molecule has 0 saturated carbocycles. The van der Waals surface area contributed by atoms with Gasteiger partial charge >= 0.3 is 6.16 Å². The van der Waals surface area contributed by atoms with Crippen LogP contribution in [-0.4, -0.2) is 66.7 Å². The second-order valence-corrected chi connectivity index (χ2v) is 8.97. The lowest BCUT2D eigenvalue weighted by Crippen LogP contribution is -2.63. The molecule has 3 aliphatic heterocycles. The van der Waals surface area contributed by atoms with E-state index < -0.39 is 18.2 Å². The number of carbonyl (C=O) groups excluding carboxylic acids is 1. The number of imidazole rings is 1. The number of ether oxygens (including phenoxy) is 1. The number of thioether (sulfide) groups is 1. The third kappa shape index (κ3) is 3.29. The number of fused-ring (bicyclic) bond motifs is 1. The van der Waals surface area contributed by atoms with Gasteiger partial charge in [-0.2, -0.15) is 0 Å². The van der Waals surface area contributed by atoms with Crippen LogP contribution in [0.3, 0.4) is 0 Å². The SMILES string of the molecule is C[C@@H](O)[C@H]1C(=O)N2C(OC(=O)O)=C(S[C@@H]3CN[C@H](Cn4ccnc4)C3)[C@H](C)[C@H]12. The minimum Gasteiger partial charge on any atom is -0.449 e. The van der Waals surface area contributed by atoms with E-state index in [0.29, 0.717) is 6.04 Å². The minimum absolute atomic E-state index is 0.0793. The van der Waals surface area contributed by atoms with Gasteiger partial charge in [-0.05, 0) is 13.3 Å². The normalized spacial score (nSPS) is 33.0. The molecule has 0 aliphatic carbocycles. The number of nitrogens with zero attached hydrogens (tertiary/aromatic N) is 3. The van der Waals surface area contributed by atoms with Gasteiger partial charge in [-0.1, -0.05) is 6.92 Å². The van der Waals surface area contributed by atoms with Gasteiger partial charge in [0.05, 0.1) is 29.3 Å². The molecule has 152 valence electrons. The van der Waals surface area contributed by atoms with E-state index >= 15 is 0 Å². The number of amides is 1. The van der Waals surface area contributed by atoms with Crippen LogP contribution in [0.2, 0.25) is 0 Å². The van der Waals surface area contributed by atoms with Gasteiger partial charge in [0.2, 0.25) is 11.8 Å². The minimum atomic E-state index is -1.43. The van der Waals surface area contributed by atoms with E-state index in [1.165, 1.54) is 4.90 Å². The number of carbonyl (C=O) groups is 2. The van der Waals surface area contributed by atoms with Crippen LogP contribution < -0.4 is 5.32 Å². The Balaban J connectivity index is 1.48.